The molecular formula is C14H11N5O4. The molecule has 2 rings (SSSR count). The first kappa shape index (κ1) is 15.8. The summed E-state index contributed by atoms with van der Waals surface area (Å²) in [4.78, 5) is 37.0. The maximum absolute atomic E-state index is 11.6. The molecule has 2 aromatic rings. The van der Waals surface area contributed by atoms with Gasteiger partial charge >= 0.3 is 11.8 Å². The van der Waals surface area contributed by atoms with Crippen LogP contribution in [0, 0.1) is 10.1 Å². The molecule has 0 radical (unpaired) electrons. The molecule has 0 spiro atoms. The molecule has 1 aromatic heterocycles. The Morgan fingerprint density at radius 3 is 2.35 bits per heavy atom. The van der Waals surface area contributed by atoms with Crippen molar-refractivity contribution in [2.45, 2.75) is 0 Å². The predicted molar refractivity (Wildman–Crippen MR) is 81.7 cm³/mol. The Labute approximate surface area is 130 Å². The van der Waals surface area contributed by atoms with E-state index in [9.17, 15) is 19.7 Å². The third kappa shape index (κ3) is 4.70. The first-order chi connectivity index (χ1) is 11.1. The van der Waals surface area contributed by atoms with Gasteiger partial charge in [-0.05, 0) is 29.8 Å². The van der Waals surface area contributed by atoms with E-state index in [2.05, 4.69) is 20.8 Å². The van der Waals surface area contributed by atoms with E-state index in [0.29, 0.717) is 5.56 Å². The van der Waals surface area contributed by atoms with Crippen LogP contribution in [0.3, 0.4) is 0 Å². The monoisotopic (exact) mass is 313 g/mol. The van der Waals surface area contributed by atoms with E-state index in [4.69, 9.17) is 0 Å². The van der Waals surface area contributed by atoms with Crippen LogP contribution in [0.1, 0.15) is 5.56 Å². The number of hydrazone groups is 1. The van der Waals surface area contributed by atoms with Gasteiger partial charge in [0, 0.05) is 30.2 Å². The fraction of sp³-hybridized carbons (Fsp3) is 0. The second-order valence-electron chi connectivity index (χ2n) is 4.24. The van der Waals surface area contributed by atoms with Crippen LogP contribution in [0.4, 0.5) is 11.4 Å². The molecule has 23 heavy (non-hydrogen) atoms. The number of nitrogens with zero attached hydrogens (tertiary/aromatic N) is 3. The lowest BCUT2D eigenvalue weighted by Crippen LogP contribution is -2.32. The number of nitro groups is 1. The van der Waals surface area contributed by atoms with Gasteiger partial charge in [-0.3, -0.25) is 24.7 Å². The van der Waals surface area contributed by atoms with Crippen LogP contribution in [0.2, 0.25) is 0 Å². The summed E-state index contributed by atoms with van der Waals surface area (Å²) < 4.78 is 0. The van der Waals surface area contributed by atoms with Crippen molar-refractivity contribution in [3.05, 3.63) is 64.5 Å². The van der Waals surface area contributed by atoms with Gasteiger partial charge in [-0.15, -0.1) is 0 Å². The summed E-state index contributed by atoms with van der Waals surface area (Å²) >= 11 is 0. The van der Waals surface area contributed by atoms with E-state index in [1.807, 2.05) is 0 Å². The van der Waals surface area contributed by atoms with Crippen LogP contribution in [0.15, 0.2) is 53.9 Å². The average molecular weight is 313 g/mol. The van der Waals surface area contributed by atoms with Gasteiger partial charge in [0.1, 0.15) is 0 Å². The number of pyridine rings is 1. The normalized spacial score (nSPS) is 10.3. The first-order valence-electron chi connectivity index (χ1n) is 6.35. The molecule has 0 aliphatic carbocycles. The fourth-order valence-corrected chi connectivity index (χ4v) is 1.52. The van der Waals surface area contributed by atoms with E-state index in [0.717, 1.165) is 0 Å². The number of anilines is 1. The standard InChI is InChI=1S/C14H11N5O4/c20-13(17-11-1-3-12(4-2-11)19(22)23)14(21)18-16-9-10-5-7-15-8-6-10/h1-9H,(H,17,20)(H,18,21)/b16-9-. The zero-order chi connectivity index (χ0) is 16.7. The number of aromatic nitrogens is 1. The molecule has 0 unspecified atom stereocenters. The molecule has 9 nitrogen and oxygen atoms in total. The molecular weight excluding hydrogens is 302 g/mol. The highest BCUT2D eigenvalue weighted by molar-refractivity contribution is 6.39. The minimum absolute atomic E-state index is 0.116. The predicted octanol–water partition coefficient (Wildman–Crippen LogP) is 1.08. The molecule has 0 atom stereocenters. The summed E-state index contributed by atoms with van der Waals surface area (Å²) in [6.07, 6.45) is 4.48. The summed E-state index contributed by atoms with van der Waals surface area (Å²) in [7, 11) is 0. The van der Waals surface area contributed by atoms with Crippen LogP contribution in [0.25, 0.3) is 0 Å². The fourth-order valence-electron chi connectivity index (χ4n) is 1.52. The lowest BCUT2D eigenvalue weighted by atomic mass is 10.3. The molecule has 0 bridgehead atoms. The van der Waals surface area contributed by atoms with Crippen molar-refractivity contribution in [1.82, 2.24) is 10.4 Å². The molecule has 0 fully saturated rings. The van der Waals surface area contributed by atoms with Crippen molar-refractivity contribution in [2.75, 3.05) is 5.32 Å². The molecule has 0 saturated heterocycles. The molecule has 2 N–H and O–H groups in total. The number of hydrogen-bond donors (Lipinski definition) is 2. The molecule has 0 aliphatic heterocycles. The Bertz CT molecular complexity index is 744. The second-order valence-corrected chi connectivity index (χ2v) is 4.24. The Kier molecular flexibility index (Phi) is 5.08. The summed E-state index contributed by atoms with van der Waals surface area (Å²) in [5.74, 6) is -1.90. The van der Waals surface area contributed by atoms with Gasteiger partial charge in [-0.1, -0.05) is 0 Å². The van der Waals surface area contributed by atoms with Crippen molar-refractivity contribution in [1.29, 1.82) is 0 Å². The Balaban J connectivity index is 1.88. The van der Waals surface area contributed by atoms with Crippen LogP contribution >= 0.6 is 0 Å². The summed E-state index contributed by atoms with van der Waals surface area (Å²) in [5.41, 5.74) is 2.92. The summed E-state index contributed by atoms with van der Waals surface area (Å²) in [5, 5.41) is 16.5. The Hall–Kier alpha value is -3.62. The van der Waals surface area contributed by atoms with Gasteiger partial charge in [-0.2, -0.15) is 5.10 Å². The minimum Gasteiger partial charge on any atom is -0.318 e. The number of nitrogens with one attached hydrogen (secondary N) is 2. The first-order valence-corrected chi connectivity index (χ1v) is 6.35. The molecule has 116 valence electrons. The zero-order valence-corrected chi connectivity index (χ0v) is 11.7. The number of nitro benzene ring substituents is 1. The van der Waals surface area contributed by atoms with Crippen LogP contribution in [-0.2, 0) is 9.59 Å². The van der Waals surface area contributed by atoms with Crippen molar-refractivity contribution in [3.8, 4) is 0 Å². The maximum atomic E-state index is 11.6. The number of carbonyl (C=O) groups is 2. The molecule has 1 heterocycles. The van der Waals surface area contributed by atoms with E-state index in [1.165, 1.54) is 30.5 Å². The minimum atomic E-state index is -0.964. The van der Waals surface area contributed by atoms with Crippen LogP contribution < -0.4 is 10.7 Å². The third-order valence-electron chi connectivity index (χ3n) is 2.63. The van der Waals surface area contributed by atoms with Gasteiger partial charge in [0.15, 0.2) is 0 Å². The molecule has 2 amide bonds. The zero-order valence-electron chi connectivity index (χ0n) is 11.7. The summed E-state index contributed by atoms with van der Waals surface area (Å²) in [6.45, 7) is 0. The highest BCUT2D eigenvalue weighted by Gasteiger charge is 2.13. The molecule has 9 heteroatoms. The number of benzene rings is 1. The van der Waals surface area contributed by atoms with E-state index >= 15 is 0 Å². The van der Waals surface area contributed by atoms with E-state index < -0.39 is 16.7 Å². The van der Waals surface area contributed by atoms with E-state index in [1.54, 1.807) is 24.5 Å². The number of amides is 2. The molecule has 0 aliphatic rings. The second kappa shape index (κ2) is 7.41. The highest BCUT2D eigenvalue weighted by atomic mass is 16.6. The van der Waals surface area contributed by atoms with Gasteiger partial charge in [-0.25, -0.2) is 5.43 Å². The average Bonchev–Trinajstić information content (AvgIpc) is 2.56. The van der Waals surface area contributed by atoms with Crippen molar-refractivity contribution in [3.63, 3.8) is 0 Å². The molecule has 0 saturated carbocycles. The van der Waals surface area contributed by atoms with Crippen molar-refractivity contribution < 1.29 is 14.5 Å². The topological polar surface area (TPSA) is 127 Å². The smallest absolute Gasteiger partial charge is 0.318 e. The van der Waals surface area contributed by atoms with Crippen LogP contribution in [-0.4, -0.2) is 27.9 Å². The van der Waals surface area contributed by atoms with Crippen LogP contribution in [0.5, 0.6) is 0 Å². The molecule has 1 aromatic carbocycles. The number of hydrogen-bond acceptors (Lipinski definition) is 6. The lowest BCUT2D eigenvalue weighted by molar-refractivity contribution is -0.384. The largest absolute Gasteiger partial charge is 0.329 e. The van der Waals surface area contributed by atoms with Gasteiger partial charge in [0.25, 0.3) is 5.69 Å². The highest BCUT2D eigenvalue weighted by Crippen LogP contribution is 2.15. The summed E-state index contributed by atoms with van der Waals surface area (Å²) in [6, 6.07) is 8.43. The van der Waals surface area contributed by atoms with Crippen molar-refractivity contribution >= 4 is 29.4 Å². The Morgan fingerprint density at radius 1 is 1.09 bits per heavy atom. The third-order valence-corrected chi connectivity index (χ3v) is 2.63. The van der Waals surface area contributed by atoms with Crippen molar-refractivity contribution in [2.24, 2.45) is 5.10 Å². The SMILES string of the molecule is O=C(N/N=C\c1ccncc1)C(=O)Nc1ccc([N+](=O)[O-])cc1. The number of rotatable bonds is 4. The number of carbonyl (C=O) groups excluding carboxylic acids is 2. The Morgan fingerprint density at radius 2 is 1.74 bits per heavy atom. The van der Waals surface area contributed by atoms with Gasteiger partial charge in [0.2, 0.25) is 0 Å². The van der Waals surface area contributed by atoms with E-state index in [-0.39, 0.29) is 11.4 Å². The van der Waals surface area contributed by atoms with Gasteiger partial charge < -0.3 is 5.32 Å². The number of non-ortho nitro benzene ring substituents is 1. The maximum Gasteiger partial charge on any atom is 0.329 e. The quantitative estimate of drug-likeness (QED) is 0.378. The lowest BCUT2D eigenvalue weighted by Gasteiger charge is -2.03. The van der Waals surface area contributed by atoms with Gasteiger partial charge in [0.05, 0.1) is 11.1 Å².